The van der Waals surface area contributed by atoms with Gasteiger partial charge in [0.15, 0.2) is 0 Å². The number of esters is 2. The SMILES string of the molecule is COC(=O)C1=C(C(=O)OC)N(c2cccc(-c3ccccc3C)c2)C(N)=C(C#N)C1c1ccccc1. The minimum atomic E-state index is -0.909. The van der Waals surface area contributed by atoms with Gasteiger partial charge in [-0.1, -0.05) is 66.7 Å². The van der Waals surface area contributed by atoms with Crippen LogP contribution >= 0.6 is 0 Å². The van der Waals surface area contributed by atoms with Gasteiger partial charge in [-0.3, -0.25) is 4.90 Å². The number of ether oxygens (including phenoxy) is 2. The lowest BCUT2D eigenvalue weighted by Crippen LogP contribution is -2.40. The van der Waals surface area contributed by atoms with Crippen molar-refractivity contribution in [2.75, 3.05) is 19.1 Å². The second-order valence-electron chi connectivity index (χ2n) is 8.20. The molecular weight excluding hydrogens is 454 g/mol. The monoisotopic (exact) mass is 479 g/mol. The molecule has 0 fully saturated rings. The zero-order valence-corrected chi connectivity index (χ0v) is 20.2. The molecular formula is C29H25N3O4. The Bertz CT molecular complexity index is 1430. The Kier molecular flexibility index (Phi) is 6.88. The van der Waals surface area contributed by atoms with Crippen LogP contribution in [-0.2, 0) is 19.1 Å². The summed E-state index contributed by atoms with van der Waals surface area (Å²) in [6.07, 6.45) is 0. The summed E-state index contributed by atoms with van der Waals surface area (Å²) in [6, 6.07) is 26.3. The van der Waals surface area contributed by atoms with Crippen molar-refractivity contribution in [3.63, 3.8) is 0 Å². The van der Waals surface area contributed by atoms with Gasteiger partial charge in [0, 0.05) is 5.69 Å². The van der Waals surface area contributed by atoms with Crippen LogP contribution in [0.1, 0.15) is 17.0 Å². The van der Waals surface area contributed by atoms with E-state index >= 15 is 0 Å². The molecule has 7 heteroatoms. The molecule has 0 spiro atoms. The molecule has 0 radical (unpaired) electrons. The van der Waals surface area contributed by atoms with E-state index in [-0.39, 0.29) is 22.7 Å². The van der Waals surface area contributed by atoms with E-state index < -0.39 is 17.9 Å². The first kappa shape index (κ1) is 24.3. The zero-order chi connectivity index (χ0) is 25.8. The molecule has 0 saturated carbocycles. The molecule has 0 aliphatic carbocycles. The molecule has 1 aliphatic heterocycles. The second kappa shape index (κ2) is 10.2. The van der Waals surface area contributed by atoms with Crippen LogP contribution in [0, 0.1) is 18.3 Å². The number of hydrogen-bond donors (Lipinski definition) is 1. The lowest BCUT2D eigenvalue weighted by molar-refractivity contribution is -0.139. The fourth-order valence-corrected chi connectivity index (χ4v) is 4.49. The van der Waals surface area contributed by atoms with Gasteiger partial charge in [-0.2, -0.15) is 5.26 Å². The molecule has 3 aromatic rings. The molecule has 180 valence electrons. The number of carbonyl (C=O) groups is 2. The maximum Gasteiger partial charge on any atom is 0.355 e. The van der Waals surface area contributed by atoms with E-state index in [0.29, 0.717) is 11.3 Å². The first-order valence-corrected chi connectivity index (χ1v) is 11.2. The molecule has 1 unspecified atom stereocenters. The van der Waals surface area contributed by atoms with Gasteiger partial charge >= 0.3 is 11.9 Å². The highest BCUT2D eigenvalue weighted by molar-refractivity contribution is 6.06. The van der Waals surface area contributed by atoms with Gasteiger partial charge in [0.05, 0.1) is 37.4 Å². The van der Waals surface area contributed by atoms with Crippen LogP contribution in [0.3, 0.4) is 0 Å². The minimum Gasteiger partial charge on any atom is -0.466 e. The Morgan fingerprint density at radius 1 is 0.917 bits per heavy atom. The molecule has 0 aromatic heterocycles. The van der Waals surface area contributed by atoms with Gasteiger partial charge in [0.2, 0.25) is 0 Å². The summed E-state index contributed by atoms with van der Waals surface area (Å²) in [5.41, 5.74) is 10.6. The number of hydrogen-bond acceptors (Lipinski definition) is 7. The van der Waals surface area contributed by atoms with Crippen molar-refractivity contribution < 1.29 is 19.1 Å². The summed E-state index contributed by atoms with van der Waals surface area (Å²) < 4.78 is 10.2. The summed E-state index contributed by atoms with van der Waals surface area (Å²) >= 11 is 0. The van der Waals surface area contributed by atoms with E-state index in [0.717, 1.165) is 16.7 Å². The number of methoxy groups -OCH3 is 2. The number of benzene rings is 3. The Balaban J connectivity index is 2.02. The second-order valence-corrected chi connectivity index (χ2v) is 8.20. The normalized spacial score (nSPS) is 15.4. The topological polar surface area (TPSA) is 106 Å². The molecule has 4 rings (SSSR count). The number of nitrogens with two attached hydrogens (primary N) is 1. The quantitative estimate of drug-likeness (QED) is 0.535. The van der Waals surface area contributed by atoms with Crippen LogP contribution in [0.15, 0.2) is 102 Å². The highest BCUT2D eigenvalue weighted by atomic mass is 16.5. The molecule has 0 saturated heterocycles. The number of carbonyl (C=O) groups excluding carboxylic acids is 2. The molecule has 0 amide bonds. The van der Waals surface area contributed by atoms with E-state index in [1.807, 2.05) is 55.5 Å². The fourth-order valence-electron chi connectivity index (χ4n) is 4.49. The van der Waals surface area contributed by atoms with Gasteiger partial charge in [-0.25, -0.2) is 9.59 Å². The first-order chi connectivity index (χ1) is 17.4. The smallest absolute Gasteiger partial charge is 0.355 e. The summed E-state index contributed by atoms with van der Waals surface area (Å²) in [5.74, 6) is -2.42. The minimum absolute atomic E-state index is 0.0254. The highest BCUT2D eigenvalue weighted by Crippen LogP contribution is 2.43. The predicted molar refractivity (Wildman–Crippen MR) is 136 cm³/mol. The Morgan fingerprint density at radius 3 is 2.22 bits per heavy atom. The highest BCUT2D eigenvalue weighted by Gasteiger charge is 2.43. The average molecular weight is 480 g/mol. The standard InChI is InChI=1S/C29H25N3O4/c1-18-10-7-8-15-22(18)20-13-9-14-21(16-20)32-26(29(34)36-3)25(28(33)35-2)24(23(17-30)27(32)31)19-11-5-4-6-12-19/h4-16,24H,31H2,1-3H3. The molecule has 1 heterocycles. The Morgan fingerprint density at radius 2 is 1.58 bits per heavy atom. The van der Waals surface area contributed by atoms with E-state index in [1.54, 1.807) is 30.3 Å². The molecule has 0 bridgehead atoms. The van der Waals surface area contributed by atoms with Crippen molar-refractivity contribution >= 4 is 17.6 Å². The molecule has 1 atom stereocenters. The molecule has 1 aliphatic rings. The summed E-state index contributed by atoms with van der Waals surface area (Å²) in [4.78, 5) is 27.8. The van der Waals surface area contributed by atoms with Gasteiger partial charge in [0.25, 0.3) is 0 Å². The first-order valence-electron chi connectivity index (χ1n) is 11.2. The van der Waals surface area contributed by atoms with Gasteiger partial charge in [-0.05, 0) is 41.3 Å². The van der Waals surface area contributed by atoms with Crippen molar-refractivity contribution in [2.24, 2.45) is 5.73 Å². The lowest BCUT2D eigenvalue weighted by atomic mass is 9.81. The number of allylic oxidation sites excluding steroid dienone is 1. The lowest BCUT2D eigenvalue weighted by Gasteiger charge is -2.36. The summed E-state index contributed by atoms with van der Waals surface area (Å²) in [5, 5.41) is 10.2. The number of nitrogens with zero attached hydrogens (tertiary/aromatic N) is 2. The maximum atomic E-state index is 13.2. The van der Waals surface area contributed by atoms with Crippen LogP contribution in [-0.4, -0.2) is 26.2 Å². The number of anilines is 1. The largest absolute Gasteiger partial charge is 0.466 e. The van der Waals surface area contributed by atoms with Crippen molar-refractivity contribution in [3.05, 3.63) is 113 Å². The van der Waals surface area contributed by atoms with E-state index in [4.69, 9.17) is 15.2 Å². The summed E-state index contributed by atoms with van der Waals surface area (Å²) in [6.45, 7) is 2.00. The molecule has 7 nitrogen and oxygen atoms in total. The third-order valence-electron chi connectivity index (χ3n) is 6.17. The van der Waals surface area contributed by atoms with Crippen LogP contribution in [0.5, 0.6) is 0 Å². The van der Waals surface area contributed by atoms with Crippen LogP contribution in [0.4, 0.5) is 5.69 Å². The Hall–Kier alpha value is -4.83. The third kappa shape index (κ3) is 4.21. The van der Waals surface area contributed by atoms with Gasteiger partial charge in [-0.15, -0.1) is 0 Å². The summed E-state index contributed by atoms with van der Waals surface area (Å²) in [7, 11) is 2.45. The van der Waals surface area contributed by atoms with Crippen LogP contribution < -0.4 is 10.6 Å². The predicted octanol–water partition coefficient (Wildman–Crippen LogP) is 4.56. The van der Waals surface area contributed by atoms with Crippen LogP contribution in [0.2, 0.25) is 0 Å². The molecule has 3 aromatic carbocycles. The fraction of sp³-hybridized carbons (Fsp3) is 0.138. The van der Waals surface area contributed by atoms with E-state index in [1.165, 1.54) is 19.1 Å². The molecule has 2 N–H and O–H groups in total. The number of aryl methyl sites for hydroxylation is 1. The third-order valence-corrected chi connectivity index (χ3v) is 6.17. The van der Waals surface area contributed by atoms with E-state index in [2.05, 4.69) is 6.07 Å². The molecule has 36 heavy (non-hydrogen) atoms. The van der Waals surface area contributed by atoms with Crippen molar-refractivity contribution in [1.82, 2.24) is 0 Å². The van der Waals surface area contributed by atoms with Crippen molar-refractivity contribution in [1.29, 1.82) is 5.26 Å². The zero-order valence-electron chi connectivity index (χ0n) is 20.2. The maximum absolute atomic E-state index is 13.2. The number of nitriles is 1. The van der Waals surface area contributed by atoms with Crippen molar-refractivity contribution in [2.45, 2.75) is 12.8 Å². The van der Waals surface area contributed by atoms with E-state index in [9.17, 15) is 14.9 Å². The number of rotatable bonds is 5. The Labute approximate surface area is 209 Å². The van der Waals surface area contributed by atoms with Gasteiger partial charge < -0.3 is 15.2 Å². The van der Waals surface area contributed by atoms with Gasteiger partial charge in [0.1, 0.15) is 11.5 Å². The van der Waals surface area contributed by atoms with Crippen molar-refractivity contribution in [3.8, 4) is 17.2 Å². The van der Waals surface area contributed by atoms with Crippen LogP contribution in [0.25, 0.3) is 11.1 Å². The average Bonchev–Trinajstić information content (AvgIpc) is 2.92.